The topological polar surface area (TPSA) is 59.0 Å². The second kappa shape index (κ2) is 6.96. The van der Waals surface area contributed by atoms with E-state index < -0.39 is 9.84 Å². The number of ether oxygens (including phenoxy) is 1. The van der Waals surface area contributed by atoms with E-state index in [4.69, 9.17) is 9.73 Å². The first kappa shape index (κ1) is 17.4. The molecule has 0 amide bonds. The van der Waals surface area contributed by atoms with Crippen LogP contribution in [-0.2, 0) is 15.6 Å². The Kier molecular flexibility index (Phi) is 4.67. The maximum atomic E-state index is 12.1. The highest BCUT2D eigenvalue weighted by Crippen LogP contribution is 2.35. The third-order valence-corrected chi connectivity index (χ3v) is 7.41. The fraction of sp³-hybridized carbons (Fsp3) is 0.316. The fourth-order valence-electron chi connectivity index (χ4n) is 3.39. The summed E-state index contributed by atoms with van der Waals surface area (Å²) in [6.07, 6.45) is 0. The molecule has 2 aliphatic rings. The summed E-state index contributed by atoms with van der Waals surface area (Å²) in [6, 6.07) is 17.6. The quantitative estimate of drug-likeness (QED) is 0.806. The van der Waals surface area contributed by atoms with Gasteiger partial charge >= 0.3 is 0 Å². The van der Waals surface area contributed by atoms with Crippen LogP contribution >= 0.6 is 11.8 Å². The molecule has 7 heteroatoms. The number of aliphatic imine (C=N–C) groups is 1. The van der Waals surface area contributed by atoms with Crippen molar-refractivity contribution in [2.24, 2.45) is 4.99 Å². The molecule has 5 nitrogen and oxygen atoms in total. The van der Waals surface area contributed by atoms with Gasteiger partial charge in [-0.3, -0.25) is 4.99 Å². The van der Waals surface area contributed by atoms with Crippen LogP contribution < -0.4 is 9.64 Å². The SMILES string of the molecule is COc1ccc(CSC2=NC3CS(=O)(=O)CC3N2c2ccccc2)cc1. The molecule has 0 saturated carbocycles. The minimum Gasteiger partial charge on any atom is -0.497 e. The Morgan fingerprint density at radius 3 is 2.54 bits per heavy atom. The summed E-state index contributed by atoms with van der Waals surface area (Å²) in [7, 11) is -1.36. The Morgan fingerprint density at radius 2 is 1.85 bits per heavy atom. The molecule has 0 bridgehead atoms. The largest absolute Gasteiger partial charge is 0.497 e. The van der Waals surface area contributed by atoms with Crippen molar-refractivity contribution in [1.29, 1.82) is 0 Å². The molecule has 136 valence electrons. The highest BCUT2D eigenvalue weighted by molar-refractivity contribution is 8.13. The zero-order valence-electron chi connectivity index (χ0n) is 14.4. The normalized spacial score (nSPS) is 23.6. The molecule has 2 aliphatic heterocycles. The number of anilines is 1. The maximum absolute atomic E-state index is 12.1. The van der Waals surface area contributed by atoms with Crippen LogP contribution in [0.1, 0.15) is 5.56 Å². The summed E-state index contributed by atoms with van der Waals surface area (Å²) in [5.41, 5.74) is 2.18. The number of sulfone groups is 1. The smallest absolute Gasteiger partial charge is 0.164 e. The number of benzene rings is 2. The van der Waals surface area contributed by atoms with E-state index in [1.165, 1.54) is 5.56 Å². The van der Waals surface area contributed by atoms with Crippen LogP contribution in [0.25, 0.3) is 0 Å². The molecular weight excluding hydrogens is 368 g/mol. The maximum Gasteiger partial charge on any atom is 0.164 e. The second-order valence-electron chi connectivity index (χ2n) is 6.47. The van der Waals surface area contributed by atoms with E-state index >= 15 is 0 Å². The zero-order valence-corrected chi connectivity index (χ0v) is 16.0. The third kappa shape index (κ3) is 3.46. The standard InChI is InChI=1S/C19H20N2O3S2/c1-24-16-9-7-14(8-10-16)11-25-19-20-17-12-26(22,23)13-18(17)21(19)15-5-3-2-4-6-15/h2-10,17-18H,11-13H2,1H3. The summed E-state index contributed by atoms with van der Waals surface area (Å²) in [4.78, 5) is 6.85. The first-order valence-electron chi connectivity index (χ1n) is 8.44. The van der Waals surface area contributed by atoms with Crippen molar-refractivity contribution in [2.75, 3.05) is 23.5 Å². The lowest BCUT2D eigenvalue weighted by molar-refractivity contribution is 0.414. The van der Waals surface area contributed by atoms with E-state index in [0.29, 0.717) is 0 Å². The molecule has 2 unspecified atom stereocenters. The summed E-state index contributed by atoms with van der Waals surface area (Å²) in [5, 5.41) is 0.900. The molecule has 1 saturated heterocycles. The van der Waals surface area contributed by atoms with E-state index in [0.717, 1.165) is 22.4 Å². The van der Waals surface area contributed by atoms with Gasteiger partial charge in [0.15, 0.2) is 15.0 Å². The summed E-state index contributed by atoms with van der Waals surface area (Å²) in [5.74, 6) is 1.93. The molecule has 1 fully saturated rings. The average molecular weight is 389 g/mol. The number of hydrogen-bond donors (Lipinski definition) is 0. The van der Waals surface area contributed by atoms with Crippen molar-refractivity contribution < 1.29 is 13.2 Å². The zero-order chi connectivity index (χ0) is 18.1. The number of fused-ring (bicyclic) bond motifs is 1. The van der Waals surface area contributed by atoms with Crippen LogP contribution in [0.3, 0.4) is 0 Å². The Morgan fingerprint density at radius 1 is 1.12 bits per heavy atom. The van der Waals surface area contributed by atoms with Gasteiger partial charge in [0.25, 0.3) is 0 Å². The lowest BCUT2D eigenvalue weighted by Gasteiger charge is -2.26. The number of hydrogen-bond acceptors (Lipinski definition) is 6. The highest BCUT2D eigenvalue weighted by Gasteiger charge is 2.47. The van der Waals surface area contributed by atoms with Crippen molar-refractivity contribution in [3.8, 4) is 5.75 Å². The van der Waals surface area contributed by atoms with Crippen LogP contribution in [0.2, 0.25) is 0 Å². The number of amidine groups is 1. The van der Waals surface area contributed by atoms with Gasteiger partial charge in [0.2, 0.25) is 0 Å². The van der Waals surface area contributed by atoms with Crippen LogP contribution in [0.15, 0.2) is 59.6 Å². The van der Waals surface area contributed by atoms with Crippen LogP contribution in [0, 0.1) is 0 Å². The molecule has 26 heavy (non-hydrogen) atoms. The van der Waals surface area contributed by atoms with Crippen LogP contribution in [0.4, 0.5) is 5.69 Å². The van der Waals surface area contributed by atoms with Gasteiger partial charge in [-0.1, -0.05) is 42.1 Å². The Hall–Kier alpha value is -1.99. The molecule has 2 aromatic carbocycles. The van der Waals surface area contributed by atoms with Crippen molar-refractivity contribution >= 4 is 32.5 Å². The lowest BCUT2D eigenvalue weighted by atomic mass is 10.1. The predicted octanol–water partition coefficient (Wildman–Crippen LogP) is 2.97. The first-order valence-corrected chi connectivity index (χ1v) is 11.2. The minimum atomic E-state index is -3.02. The van der Waals surface area contributed by atoms with Crippen molar-refractivity contribution in [2.45, 2.75) is 17.8 Å². The summed E-state index contributed by atoms with van der Waals surface area (Å²) >= 11 is 1.65. The molecule has 0 radical (unpaired) electrons. The first-order chi connectivity index (χ1) is 12.6. The minimum absolute atomic E-state index is 0.0965. The Balaban J connectivity index is 1.56. The average Bonchev–Trinajstić information content (AvgIpc) is 3.12. The molecule has 2 aromatic rings. The fourth-order valence-corrected chi connectivity index (χ4v) is 6.32. The third-order valence-electron chi connectivity index (χ3n) is 4.67. The monoisotopic (exact) mass is 388 g/mol. The molecule has 2 heterocycles. The van der Waals surface area contributed by atoms with Crippen molar-refractivity contribution in [3.05, 3.63) is 60.2 Å². The van der Waals surface area contributed by atoms with Gasteiger partial charge in [-0.05, 0) is 29.8 Å². The van der Waals surface area contributed by atoms with E-state index in [9.17, 15) is 8.42 Å². The Bertz CT molecular complexity index is 912. The number of rotatable bonds is 4. The molecular formula is C19H20N2O3S2. The molecule has 0 aliphatic carbocycles. The molecule has 4 rings (SSSR count). The lowest BCUT2D eigenvalue weighted by Crippen LogP contribution is -2.39. The van der Waals surface area contributed by atoms with Gasteiger partial charge in [-0.15, -0.1) is 0 Å². The highest BCUT2D eigenvalue weighted by atomic mass is 32.2. The predicted molar refractivity (Wildman–Crippen MR) is 107 cm³/mol. The van der Waals surface area contributed by atoms with Gasteiger partial charge in [0.05, 0.1) is 30.7 Å². The van der Waals surface area contributed by atoms with Gasteiger partial charge in [-0.2, -0.15) is 0 Å². The molecule has 0 spiro atoms. The van der Waals surface area contributed by atoms with Crippen molar-refractivity contribution in [3.63, 3.8) is 0 Å². The van der Waals surface area contributed by atoms with Crippen LogP contribution in [0.5, 0.6) is 5.75 Å². The van der Waals surface area contributed by atoms with Gasteiger partial charge < -0.3 is 9.64 Å². The molecule has 0 aromatic heterocycles. The van der Waals surface area contributed by atoms with Crippen molar-refractivity contribution in [1.82, 2.24) is 0 Å². The Labute approximate surface area is 158 Å². The van der Waals surface area contributed by atoms with Gasteiger partial charge in [0.1, 0.15) is 5.75 Å². The van der Waals surface area contributed by atoms with E-state index in [1.54, 1.807) is 18.9 Å². The number of nitrogens with zero attached hydrogens (tertiary/aromatic N) is 2. The summed E-state index contributed by atoms with van der Waals surface area (Å²) < 4.78 is 29.3. The number of thioether (sulfide) groups is 1. The van der Waals surface area contributed by atoms with E-state index in [-0.39, 0.29) is 23.6 Å². The van der Waals surface area contributed by atoms with E-state index in [2.05, 4.69) is 4.90 Å². The van der Waals surface area contributed by atoms with Gasteiger partial charge in [0, 0.05) is 11.4 Å². The molecule has 0 N–H and O–H groups in total. The van der Waals surface area contributed by atoms with Crippen LogP contribution in [-0.4, -0.2) is 44.3 Å². The van der Waals surface area contributed by atoms with Gasteiger partial charge in [-0.25, -0.2) is 8.42 Å². The number of para-hydroxylation sites is 1. The van der Waals surface area contributed by atoms with E-state index in [1.807, 2.05) is 54.6 Å². The molecule has 2 atom stereocenters. The number of methoxy groups -OCH3 is 1. The summed E-state index contributed by atoms with van der Waals surface area (Å²) in [6.45, 7) is 0. The second-order valence-corrected chi connectivity index (χ2v) is 9.56.